The molecule has 128 valence electrons. The second kappa shape index (κ2) is 7.78. The Kier molecular flexibility index (Phi) is 5.27. The lowest BCUT2D eigenvalue weighted by Crippen LogP contribution is -1.91. The van der Waals surface area contributed by atoms with E-state index in [2.05, 4.69) is 16.4 Å². The molecule has 0 aliphatic rings. The van der Waals surface area contributed by atoms with E-state index >= 15 is 0 Å². The van der Waals surface area contributed by atoms with Crippen LogP contribution in [0.3, 0.4) is 0 Å². The fraction of sp³-hybridized carbons (Fsp3) is 0. The molecule has 0 fully saturated rings. The van der Waals surface area contributed by atoms with Crippen LogP contribution in [0.5, 0.6) is 0 Å². The third-order valence-corrected chi connectivity index (χ3v) is 4.55. The third kappa shape index (κ3) is 4.06. The lowest BCUT2D eigenvalue weighted by molar-refractivity contribution is -0.384. The van der Waals surface area contributed by atoms with Crippen LogP contribution in [0.25, 0.3) is 16.8 Å². The molecule has 0 bridgehead atoms. The zero-order chi connectivity index (χ0) is 18.5. The Morgan fingerprint density at radius 3 is 2.73 bits per heavy atom. The van der Waals surface area contributed by atoms with E-state index in [9.17, 15) is 15.4 Å². The van der Waals surface area contributed by atoms with E-state index < -0.39 is 4.92 Å². The Morgan fingerprint density at radius 1 is 1.31 bits per heavy atom. The molecule has 1 aromatic heterocycles. The molecule has 3 rings (SSSR count). The number of hydrogen-bond donors (Lipinski definition) is 1. The van der Waals surface area contributed by atoms with Crippen LogP contribution in [0, 0.1) is 21.4 Å². The number of allylic oxidation sites excluding steroid dienone is 1. The molecule has 0 atom stereocenters. The molecule has 0 unspecified atom stereocenters. The number of nitro benzene ring substituents is 1. The van der Waals surface area contributed by atoms with Crippen molar-refractivity contribution >= 4 is 39.9 Å². The quantitative estimate of drug-likeness (QED) is 0.365. The second-order valence-corrected chi connectivity index (χ2v) is 6.46. The number of thiazole rings is 1. The van der Waals surface area contributed by atoms with Crippen molar-refractivity contribution in [1.82, 2.24) is 4.98 Å². The van der Waals surface area contributed by atoms with E-state index in [1.807, 2.05) is 6.07 Å². The van der Waals surface area contributed by atoms with Gasteiger partial charge in [0.2, 0.25) is 0 Å². The Labute approximate surface area is 158 Å². The van der Waals surface area contributed by atoms with E-state index in [1.54, 1.807) is 41.9 Å². The zero-order valence-electron chi connectivity index (χ0n) is 13.2. The van der Waals surface area contributed by atoms with Gasteiger partial charge in [-0.2, -0.15) is 5.26 Å². The van der Waals surface area contributed by atoms with E-state index in [0.717, 1.165) is 11.3 Å². The minimum atomic E-state index is -0.450. The number of halogens is 1. The first kappa shape index (κ1) is 17.6. The summed E-state index contributed by atoms with van der Waals surface area (Å²) in [4.78, 5) is 14.7. The summed E-state index contributed by atoms with van der Waals surface area (Å²) in [6.07, 6.45) is 1.57. The summed E-state index contributed by atoms with van der Waals surface area (Å²) in [6.45, 7) is 0. The molecule has 0 saturated carbocycles. The van der Waals surface area contributed by atoms with Crippen molar-refractivity contribution in [2.75, 3.05) is 5.32 Å². The molecule has 26 heavy (non-hydrogen) atoms. The van der Waals surface area contributed by atoms with E-state index in [4.69, 9.17) is 11.6 Å². The number of hydrogen-bond acceptors (Lipinski definition) is 6. The average molecular weight is 383 g/mol. The molecule has 0 aliphatic carbocycles. The topological polar surface area (TPSA) is 91.8 Å². The fourth-order valence-corrected chi connectivity index (χ4v) is 3.14. The lowest BCUT2D eigenvalue weighted by Gasteiger charge is -2.01. The number of rotatable bonds is 5. The number of nitrogens with one attached hydrogen (secondary N) is 1. The average Bonchev–Trinajstić information content (AvgIpc) is 3.12. The summed E-state index contributed by atoms with van der Waals surface area (Å²) >= 11 is 7.26. The van der Waals surface area contributed by atoms with Gasteiger partial charge in [-0.05, 0) is 30.3 Å². The SMILES string of the molecule is N#CC(=CNc1cccc(Cl)c1)c1nc(-c2ccc([N+](=O)[O-])cc2)cs1. The first-order valence-electron chi connectivity index (χ1n) is 7.40. The highest BCUT2D eigenvalue weighted by atomic mass is 35.5. The smallest absolute Gasteiger partial charge is 0.269 e. The second-order valence-electron chi connectivity index (χ2n) is 5.17. The first-order valence-corrected chi connectivity index (χ1v) is 8.65. The van der Waals surface area contributed by atoms with Crippen LogP contribution in [0.1, 0.15) is 5.01 Å². The molecule has 0 saturated heterocycles. The number of non-ortho nitro benzene ring substituents is 1. The predicted octanol–water partition coefficient (Wildman–Crippen LogP) is 5.35. The van der Waals surface area contributed by atoms with Gasteiger partial charge < -0.3 is 5.32 Å². The lowest BCUT2D eigenvalue weighted by atomic mass is 10.1. The normalized spacial score (nSPS) is 11.0. The number of nitrogens with zero attached hydrogens (tertiary/aromatic N) is 3. The van der Waals surface area contributed by atoms with Crippen molar-refractivity contribution in [2.45, 2.75) is 0 Å². The zero-order valence-corrected chi connectivity index (χ0v) is 14.8. The van der Waals surface area contributed by atoms with Crippen molar-refractivity contribution in [1.29, 1.82) is 5.26 Å². The van der Waals surface area contributed by atoms with Crippen LogP contribution in [0.15, 0.2) is 60.1 Å². The fourth-order valence-electron chi connectivity index (χ4n) is 2.16. The molecular formula is C18H11ClN4O2S. The van der Waals surface area contributed by atoms with Gasteiger partial charge in [-0.25, -0.2) is 4.98 Å². The summed E-state index contributed by atoms with van der Waals surface area (Å²) in [5, 5.41) is 26.1. The van der Waals surface area contributed by atoms with Crippen molar-refractivity contribution in [3.05, 3.63) is 80.3 Å². The molecular weight excluding hydrogens is 372 g/mol. The van der Waals surface area contributed by atoms with Crippen molar-refractivity contribution in [3.8, 4) is 17.3 Å². The van der Waals surface area contributed by atoms with Crippen LogP contribution in [-0.2, 0) is 0 Å². The number of aromatic nitrogens is 1. The highest BCUT2D eigenvalue weighted by molar-refractivity contribution is 7.11. The number of nitriles is 1. The first-order chi connectivity index (χ1) is 12.6. The molecule has 0 amide bonds. The van der Waals surface area contributed by atoms with Crippen molar-refractivity contribution in [3.63, 3.8) is 0 Å². The maximum Gasteiger partial charge on any atom is 0.269 e. The van der Waals surface area contributed by atoms with Crippen molar-refractivity contribution in [2.24, 2.45) is 0 Å². The van der Waals surface area contributed by atoms with Crippen LogP contribution in [-0.4, -0.2) is 9.91 Å². The molecule has 0 radical (unpaired) electrons. The van der Waals surface area contributed by atoms with Gasteiger partial charge in [0, 0.05) is 40.0 Å². The highest BCUT2D eigenvalue weighted by Crippen LogP contribution is 2.27. The van der Waals surface area contributed by atoms with E-state index in [-0.39, 0.29) is 5.69 Å². The highest BCUT2D eigenvalue weighted by Gasteiger charge is 2.11. The Balaban J connectivity index is 1.81. The minimum absolute atomic E-state index is 0.0209. The largest absolute Gasteiger partial charge is 0.360 e. The standard InChI is InChI=1S/C18H11ClN4O2S/c19-14-2-1-3-15(8-14)21-10-13(9-20)18-22-17(11-26-18)12-4-6-16(7-5-12)23(24)25/h1-8,10-11,21H. The third-order valence-electron chi connectivity index (χ3n) is 3.44. The maximum absolute atomic E-state index is 10.7. The predicted molar refractivity (Wildman–Crippen MR) is 103 cm³/mol. The van der Waals surface area contributed by atoms with Crippen LogP contribution in [0.4, 0.5) is 11.4 Å². The van der Waals surface area contributed by atoms with E-state index in [0.29, 0.717) is 21.3 Å². The summed E-state index contributed by atoms with van der Waals surface area (Å²) in [6, 6.07) is 15.4. The number of nitro groups is 1. The molecule has 0 aliphatic heterocycles. The molecule has 2 aromatic carbocycles. The monoisotopic (exact) mass is 382 g/mol. The molecule has 1 N–H and O–H groups in total. The molecule has 0 spiro atoms. The van der Waals surface area contributed by atoms with Gasteiger partial charge in [0.25, 0.3) is 5.69 Å². The van der Waals surface area contributed by atoms with Gasteiger partial charge >= 0.3 is 0 Å². The Hall–Kier alpha value is -3.21. The molecule has 8 heteroatoms. The summed E-state index contributed by atoms with van der Waals surface area (Å²) in [5.74, 6) is 0. The number of benzene rings is 2. The van der Waals surface area contributed by atoms with Crippen molar-refractivity contribution < 1.29 is 4.92 Å². The molecule has 3 aromatic rings. The van der Waals surface area contributed by atoms with Gasteiger partial charge in [-0.15, -0.1) is 11.3 Å². The van der Waals surface area contributed by atoms with Gasteiger partial charge in [0.15, 0.2) is 0 Å². The van der Waals surface area contributed by atoms with Gasteiger partial charge in [0.05, 0.1) is 10.6 Å². The molecule has 6 nitrogen and oxygen atoms in total. The number of anilines is 1. The van der Waals surface area contributed by atoms with E-state index in [1.165, 1.54) is 23.5 Å². The van der Waals surface area contributed by atoms with Crippen LogP contribution < -0.4 is 5.32 Å². The van der Waals surface area contributed by atoms with Gasteiger partial charge in [-0.1, -0.05) is 17.7 Å². The maximum atomic E-state index is 10.7. The Bertz CT molecular complexity index is 1020. The Morgan fingerprint density at radius 2 is 2.08 bits per heavy atom. The van der Waals surface area contributed by atoms with Crippen LogP contribution >= 0.6 is 22.9 Å². The molecule has 1 heterocycles. The summed E-state index contributed by atoms with van der Waals surface area (Å²) in [7, 11) is 0. The van der Waals surface area contributed by atoms with Crippen LogP contribution in [0.2, 0.25) is 5.02 Å². The minimum Gasteiger partial charge on any atom is -0.360 e. The van der Waals surface area contributed by atoms with Gasteiger partial charge in [-0.3, -0.25) is 10.1 Å². The summed E-state index contributed by atoms with van der Waals surface area (Å²) in [5.41, 5.74) is 2.56. The van der Waals surface area contributed by atoms with Gasteiger partial charge in [0.1, 0.15) is 16.6 Å². The summed E-state index contributed by atoms with van der Waals surface area (Å²) < 4.78 is 0.